The Bertz CT molecular complexity index is 638. The molecule has 0 atom stereocenters. The van der Waals surface area contributed by atoms with Crippen molar-refractivity contribution in [1.29, 1.82) is 0 Å². The Balaban J connectivity index is 2.28. The minimum absolute atomic E-state index is 0.203. The number of hydrogen-bond donors (Lipinski definition) is 2. The maximum atomic E-state index is 12.2. The highest BCUT2D eigenvalue weighted by Crippen LogP contribution is 2.21. The van der Waals surface area contributed by atoms with Gasteiger partial charge in [0.25, 0.3) is 5.91 Å². The minimum atomic E-state index is -0.203. The molecular weight excluding hydrogens is 304 g/mol. The first-order valence-electron chi connectivity index (χ1n) is 5.91. The molecule has 0 unspecified atom stereocenters. The molecule has 4 heteroatoms. The third kappa shape index (κ3) is 3.15. The highest BCUT2D eigenvalue weighted by atomic mass is 79.9. The van der Waals surface area contributed by atoms with Crippen LogP contribution in [0.25, 0.3) is 0 Å². The van der Waals surface area contributed by atoms with Crippen molar-refractivity contribution in [2.75, 3.05) is 11.1 Å². The fourth-order valence-corrected chi connectivity index (χ4v) is 2.23. The molecule has 0 spiro atoms. The van der Waals surface area contributed by atoms with Gasteiger partial charge in [0.1, 0.15) is 0 Å². The number of halogens is 1. The molecule has 0 bridgehead atoms. The van der Waals surface area contributed by atoms with Crippen molar-refractivity contribution in [3.8, 4) is 0 Å². The molecule has 0 heterocycles. The third-order valence-electron chi connectivity index (χ3n) is 2.89. The molecule has 0 aromatic heterocycles. The van der Waals surface area contributed by atoms with Crippen molar-refractivity contribution in [2.45, 2.75) is 13.8 Å². The van der Waals surface area contributed by atoms with Crippen molar-refractivity contribution < 1.29 is 4.79 Å². The van der Waals surface area contributed by atoms with Crippen LogP contribution in [0.1, 0.15) is 21.5 Å². The zero-order valence-corrected chi connectivity index (χ0v) is 12.4. The Morgan fingerprint density at radius 2 is 1.89 bits per heavy atom. The summed E-state index contributed by atoms with van der Waals surface area (Å²) in [5.74, 6) is -0.203. The quantitative estimate of drug-likeness (QED) is 0.825. The van der Waals surface area contributed by atoms with Crippen LogP contribution in [-0.4, -0.2) is 5.91 Å². The van der Waals surface area contributed by atoms with E-state index in [-0.39, 0.29) is 5.91 Å². The molecule has 3 nitrogen and oxygen atoms in total. The van der Waals surface area contributed by atoms with Gasteiger partial charge in [0.05, 0.1) is 5.56 Å². The van der Waals surface area contributed by atoms with Gasteiger partial charge in [-0.05, 0) is 43.7 Å². The number of carbonyl (C=O) groups excluding carboxylic acids is 1. The first-order chi connectivity index (χ1) is 8.97. The summed E-state index contributed by atoms with van der Waals surface area (Å²) in [6.07, 6.45) is 0. The van der Waals surface area contributed by atoms with Crippen LogP contribution in [0.2, 0.25) is 0 Å². The number of nitrogens with one attached hydrogen (secondary N) is 1. The number of benzene rings is 2. The molecule has 0 aliphatic heterocycles. The predicted molar refractivity (Wildman–Crippen MR) is 82.4 cm³/mol. The van der Waals surface area contributed by atoms with E-state index < -0.39 is 0 Å². The third-order valence-corrected chi connectivity index (χ3v) is 3.38. The Kier molecular flexibility index (Phi) is 3.90. The van der Waals surface area contributed by atoms with E-state index >= 15 is 0 Å². The molecule has 2 aromatic rings. The number of anilines is 2. The number of nitrogen functional groups attached to an aromatic ring is 1. The zero-order valence-electron chi connectivity index (χ0n) is 10.8. The van der Waals surface area contributed by atoms with E-state index in [0.29, 0.717) is 11.3 Å². The van der Waals surface area contributed by atoms with Crippen LogP contribution in [0, 0.1) is 13.8 Å². The van der Waals surface area contributed by atoms with Crippen LogP contribution < -0.4 is 11.1 Å². The van der Waals surface area contributed by atoms with Crippen LogP contribution in [0.3, 0.4) is 0 Å². The number of nitrogens with two attached hydrogens (primary N) is 1. The predicted octanol–water partition coefficient (Wildman–Crippen LogP) is 3.90. The second-order valence-electron chi connectivity index (χ2n) is 4.50. The van der Waals surface area contributed by atoms with Gasteiger partial charge in [-0.2, -0.15) is 0 Å². The van der Waals surface area contributed by atoms with Crippen molar-refractivity contribution in [3.05, 3.63) is 57.6 Å². The van der Waals surface area contributed by atoms with Gasteiger partial charge in [0.15, 0.2) is 0 Å². The van der Waals surface area contributed by atoms with Gasteiger partial charge >= 0.3 is 0 Å². The molecule has 0 fully saturated rings. The van der Waals surface area contributed by atoms with Crippen molar-refractivity contribution in [3.63, 3.8) is 0 Å². The van der Waals surface area contributed by atoms with Crippen LogP contribution >= 0.6 is 15.9 Å². The Labute approximate surface area is 121 Å². The maximum Gasteiger partial charge on any atom is 0.257 e. The van der Waals surface area contributed by atoms with E-state index in [1.54, 1.807) is 12.1 Å². The largest absolute Gasteiger partial charge is 0.398 e. The van der Waals surface area contributed by atoms with Gasteiger partial charge < -0.3 is 11.1 Å². The van der Waals surface area contributed by atoms with E-state index in [0.717, 1.165) is 21.3 Å². The van der Waals surface area contributed by atoms with Gasteiger partial charge in [0.2, 0.25) is 0 Å². The zero-order chi connectivity index (χ0) is 14.0. The number of carbonyl (C=O) groups is 1. The van der Waals surface area contributed by atoms with Gasteiger partial charge in [-0.25, -0.2) is 0 Å². The van der Waals surface area contributed by atoms with E-state index in [1.807, 2.05) is 38.1 Å². The summed E-state index contributed by atoms with van der Waals surface area (Å²) in [6, 6.07) is 11.1. The Morgan fingerprint density at radius 3 is 2.58 bits per heavy atom. The maximum absolute atomic E-state index is 12.2. The SMILES string of the molecule is Cc1ccc(NC(=O)c2cc(Br)ccc2N)c(C)c1. The fraction of sp³-hybridized carbons (Fsp3) is 0.133. The summed E-state index contributed by atoms with van der Waals surface area (Å²) in [5.41, 5.74) is 9.75. The van der Waals surface area contributed by atoms with Gasteiger partial charge in [-0.15, -0.1) is 0 Å². The molecule has 19 heavy (non-hydrogen) atoms. The molecule has 2 rings (SSSR count). The molecule has 3 N–H and O–H groups in total. The highest BCUT2D eigenvalue weighted by Gasteiger charge is 2.11. The monoisotopic (exact) mass is 318 g/mol. The highest BCUT2D eigenvalue weighted by molar-refractivity contribution is 9.10. The summed E-state index contributed by atoms with van der Waals surface area (Å²) in [7, 11) is 0. The van der Waals surface area contributed by atoms with E-state index in [9.17, 15) is 4.79 Å². The first kappa shape index (κ1) is 13.6. The number of hydrogen-bond acceptors (Lipinski definition) is 2. The van der Waals surface area contributed by atoms with Crippen LogP contribution in [-0.2, 0) is 0 Å². The Morgan fingerprint density at radius 1 is 1.16 bits per heavy atom. The van der Waals surface area contributed by atoms with E-state index in [4.69, 9.17) is 5.73 Å². The van der Waals surface area contributed by atoms with Gasteiger partial charge in [-0.3, -0.25) is 4.79 Å². The van der Waals surface area contributed by atoms with E-state index in [2.05, 4.69) is 21.2 Å². The lowest BCUT2D eigenvalue weighted by Crippen LogP contribution is -2.14. The molecule has 1 amide bonds. The molecular formula is C15H15BrN2O. The van der Waals surface area contributed by atoms with Crippen LogP contribution in [0.15, 0.2) is 40.9 Å². The topological polar surface area (TPSA) is 55.1 Å². The average molecular weight is 319 g/mol. The molecule has 2 aromatic carbocycles. The van der Waals surface area contributed by atoms with Crippen molar-refractivity contribution in [1.82, 2.24) is 0 Å². The summed E-state index contributed by atoms with van der Waals surface area (Å²) >= 11 is 3.34. The van der Waals surface area contributed by atoms with Crippen LogP contribution in [0.4, 0.5) is 11.4 Å². The lowest BCUT2D eigenvalue weighted by molar-refractivity contribution is 0.102. The molecule has 0 saturated carbocycles. The van der Waals surface area contributed by atoms with Gasteiger partial charge in [0, 0.05) is 15.8 Å². The minimum Gasteiger partial charge on any atom is -0.398 e. The summed E-state index contributed by atoms with van der Waals surface area (Å²) in [4.78, 5) is 12.2. The number of rotatable bonds is 2. The second kappa shape index (κ2) is 5.45. The Hall–Kier alpha value is -1.81. The van der Waals surface area contributed by atoms with Gasteiger partial charge in [-0.1, -0.05) is 33.6 Å². The van der Waals surface area contributed by atoms with Crippen molar-refractivity contribution in [2.24, 2.45) is 0 Å². The van der Waals surface area contributed by atoms with Crippen LogP contribution in [0.5, 0.6) is 0 Å². The second-order valence-corrected chi connectivity index (χ2v) is 5.42. The van der Waals surface area contributed by atoms with E-state index in [1.165, 1.54) is 0 Å². The molecule has 98 valence electrons. The normalized spacial score (nSPS) is 10.3. The smallest absolute Gasteiger partial charge is 0.257 e. The molecule has 0 aliphatic rings. The molecule has 0 radical (unpaired) electrons. The standard InChI is InChI=1S/C15H15BrN2O/c1-9-3-6-14(10(2)7-9)18-15(19)12-8-11(16)4-5-13(12)17/h3-8H,17H2,1-2H3,(H,18,19). The number of amides is 1. The molecule has 0 saturated heterocycles. The first-order valence-corrected chi connectivity index (χ1v) is 6.70. The fourth-order valence-electron chi connectivity index (χ4n) is 1.87. The lowest BCUT2D eigenvalue weighted by atomic mass is 10.1. The summed E-state index contributed by atoms with van der Waals surface area (Å²) in [5, 5.41) is 2.88. The average Bonchev–Trinajstić information content (AvgIpc) is 2.35. The molecule has 0 aliphatic carbocycles. The van der Waals surface area contributed by atoms with Crippen molar-refractivity contribution >= 4 is 33.2 Å². The summed E-state index contributed by atoms with van der Waals surface area (Å²) in [6.45, 7) is 3.98. The lowest BCUT2D eigenvalue weighted by Gasteiger charge is -2.10. The summed E-state index contributed by atoms with van der Waals surface area (Å²) < 4.78 is 0.826. The number of aryl methyl sites for hydroxylation is 2.